The van der Waals surface area contributed by atoms with Crippen molar-refractivity contribution in [2.45, 2.75) is 89.9 Å². The number of nitrogens with zero attached hydrogens (tertiary/aromatic N) is 1. The lowest BCUT2D eigenvalue weighted by molar-refractivity contribution is -0.0550. The maximum absolute atomic E-state index is 10.9. The van der Waals surface area contributed by atoms with Crippen molar-refractivity contribution in [3.05, 3.63) is 59.2 Å². The lowest BCUT2D eigenvalue weighted by Crippen LogP contribution is -2.35. The lowest BCUT2D eigenvalue weighted by atomic mass is 9.81. The van der Waals surface area contributed by atoms with Crippen LogP contribution < -0.4 is 10.1 Å². The zero-order valence-electron chi connectivity index (χ0n) is 24.6. The molecule has 0 amide bonds. The number of aliphatic hydroxyl groups is 5. The van der Waals surface area contributed by atoms with Crippen molar-refractivity contribution in [1.82, 2.24) is 5.32 Å². The quantitative estimate of drug-likeness (QED) is 0.143. The summed E-state index contributed by atoms with van der Waals surface area (Å²) < 4.78 is 10.7. The molecular weight excluding hydrogens is 520 g/mol. The Morgan fingerprint density at radius 3 is 2.76 bits per heavy atom. The zero-order valence-corrected chi connectivity index (χ0v) is 24.6. The SMILES string of the molecule is CCCCC1[OH+][C-](CCc2ccc(O)c(OC[C@H](O)C3=C[C+]([C@H](CNC[C@H](C)O)C4CCCC4)C=N3)c2)C=C1CO. The number of aryl methyl sites for hydroxylation is 1. The van der Waals surface area contributed by atoms with Crippen molar-refractivity contribution in [3.63, 3.8) is 0 Å². The third kappa shape index (κ3) is 9.00. The van der Waals surface area contributed by atoms with Gasteiger partial charge in [-0.1, -0.05) is 32.3 Å². The van der Waals surface area contributed by atoms with Gasteiger partial charge in [-0.2, -0.15) is 0 Å². The second kappa shape index (κ2) is 15.7. The van der Waals surface area contributed by atoms with Gasteiger partial charge in [-0.25, -0.2) is 0 Å². The molecule has 4 atom stereocenters. The second-order valence-corrected chi connectivity index (χ2v) is 11.8. The van der Waals surface area contributed by atoms with Gasteiger partial charge in [0.05, 0.1) is 18.1 Å². The Kier molecular flexibility index (Phi) is 12.0. The topological polar surface area (TPSA) is 127 Å². The number of unbranched alkanes of at least 4 members (excludes halogenated alkanes) is 1. The highest BCUT2D eigenvalue weighted by molar-refractivity contribution is 5.83. The number of phenolic OH excluding ortho intramolecular Hbond substituents is 1. The van der Waals surface area contributed by atoms with Gasteiger partial charge in [-0.15, -0.1) is 16.6 Å². The number of rotatable bonds is 17. The number of benzene rings is 1. The van der Waals surface area contributed by atoms with E-state index in [9.17, 15) is 20.4 Å². The second-order valence-electron chi connectivity index (χ2n) is 11.8. The van der Waals surface area contributed by atoms with Gasteiger partial charge < -0.3 is 35.2 Å². The van der Waals surface area contributed by atoms with Gasteiger partial charge in [0.15, 0.2) is 17.6 Å². The molecule has 8 nitrogen and oxygen atoms in total. The molecule has 1 fully saturated rings. The molecule has 0 bridgehead atoms. The molecule has 0 radical (unpaired) electrons. The first-order chi connectivity index (χ1) is 19.9. The predicted molar refractivity (Wildman–Crippen MR) is 162 cm³/mol. The van der Waals surface area contributed by atoms with E-state index in [0.29, 0.717) is 29.8 Å². The number of allylic oxidation sites excluding steroid dienone is 1. The van der Waals surface area contributed by atoms with Crippen LogP contribution in [0.25, 0.3) is 0 Å². The van der Waals surface area contributed by atoms with E-state index >= 15 is 0 Å². The Balaban J connectivity index is 1.30. The van der Waals surface area contributed by atoms with Crippen molar-refractivity contribution in [2.75, 3.05) is 26.3 Å². The Bertz CT molecular complexity index is 1050. The van der Waals surface area contributed by atoms with Crippen LogP contribution in [0, 0.1) is 23.9 Å². The smallest absolute Gasteiger partial charge is 0.207 e. The molecule has 0 spiro atoms. The molecule has 3 aliphatic rings. The molecule has 1 aromatic rings. The van der Waals surface area contributed by atoms with Crippen LogP contribution in [0.2, 0.25) is 0 Å². The Hall–Kier alpha value is -2.49. The molecule has 2 aliphatic heterocycles. The summed E-state index contributed by atoms with van der Waals surface area (Å²) in [6.45, 7) is 5.29. The highest BCUT2D eigenvalue weighted by atomic mass is 16.5. The molecule has 1 aliphatic carbocycles. The normalized spacial score (nSPS) is 21.3. The monoisotopic (exact) mass is 569 g/mol. The van der Waals surface area contributed by atoms with E-state index < -0.39 is 12.2 Å². The third-order valence-corrected chi connectivity index (χ3v) is 8.43. The first kappa shape index (κ1) is 31.4. The van der Waals surface area contributed by atoms with Crippen LogP contribution in [0.4, 0.5) is 0 Å². The summed E-state index contributed by atoms with van der Waals surface area (Å²) in [6, 6.07) is 5.31. The molecule has 4 rings (SSSR count). The van der Waals surface area contributed by atoms with E-state index in [-0.39, 0.29) is 25.1 Å². The summed E-state index contributed by atoms with van der Waals surface area (Å²) in [4.78, 5) is 4.51. The van der Waals surface area contributed by atoms with Crippen LogP contribution >= 0.6 is 0 Å². The molecule has 8 heteroatoms. The molecule has 226 valence electrons. The summed E-state index contributed by atoms with van der Waals surface area (Å²) >= 11 is 0. The first-order valence-electron chi connectivity index (χ1n) is 15.4. The molecular formula is C33H49N2O6+. The van der Waals surface area contributed by atoms with Crippen LogP contribution in [-0.4, -0.2) is 76.0 Å². The minimum absolute atomic E-state index is 0.0176. The van der Waals surface area contributed by atoms with Crippen molar-refractivity contribution < 1.29 is 29.9 Å². The first-order valence-corrected chi connectivity index (χ1v) is 15.4. The van der Waals surface area contributed by atoms with Crippen LogP contribution in [0.5, 0.6) is 11.5 Å². The molecule has 0 saturated heterocycles. The number of ether oxygens (including phenoxy) is 2. The van der Waals surface area contributed by atoms with E-state index in [2.05, 4.69) is 17.2 Å². The molecule has 6 N–H and O–H groups in total. The maximum atomic E-state index is 10.9. The third-order valence-electron chi connectivity index (χ3n) is 8.43. The van der Waals surface area contributed by atoms with E-state index in [1.165, 1.54) is 25.7 Å². The predicted octanol–water partition coefficient (Wildman–Crippen LogP) is 3.94. The van der Waals surface area contributed by atoms with Gasteiger partial charge in [-0.3, -0.25) is 0 Å². The minimum atomic E-state index is -0.920. The van der Waals surface area contributed by atoms with Crippen molar-refractivity contribution in [3.8, 4) is 11.5 Å². The van der Waals surface area contributed by atoms with Gasteiger partial charge >= 0.3 is 0 Å². The molecule has 0 aromatic heterocycles. The Labute approximate surface area is 245 Å². The summed E-state index contributed by atoms with van der Waals surface area (Å²) in [7, 11) is 0. The number of aliphatic imine (C=N–C) groups is 1. The van der Waals surface area contributed by atoms with Crippen LogP contribution in [-0.2, 0) is 6.42 Å². The van der Waals surface area contributed by atoms with Gasteiger partial charge in [-0.05, 0) is 62.6 Å². The van der Waals surface area contributed by atoms with E-state index in [4.69, 9.17) is 9.47 Å². The summed E-state index contributed by atoms with van der Waals surface area (Å²) in [5, 5.41) is 44.0. The number of aliphatic hydroxyl groups excluding tert-OH is 3. The fraction of sp³-hybridized carbons (Fsp3) is 0.606. The average Bonchev–Trinajstić information content (AvgIpc) is 3.74. The van der Waals surface area contributed by atoms with E-state index in [1.807, 2.05) is 30.5 Å². The van der Waals surface area contributed by atoms with E-state index in [0.717, 1.165) is 61.8 Å². The summed E-state index contributed by atoms with van der Waals surface area (Å²) in [5.74, 6) is 2.34. The van der Waals surface area contributed by atoms with Crippen LogP contribution in [0.1, 0.15) is 70.8 Å². The van der Waals surface area contributed by atoms with Crippen molar-refractivity contribution >= 4 is 6.21 Å². The Morgan fingerprint density at radius 1 is 1.22 bits per heavy atom. The van der Waals surface area contributed by atoms with Crippen LogP contribution in [0.15, 0.2) is 46.6 Å². The van der Waals surface area contributed by atoms with E-state index in [1.54, 1.807) is 13.0 Å². The highest BCUT2D eigenvalue weighted by Crippen LogP contribution is 2.38. The highest BCUT2D eigenvalue weighted by Gasteiger charge is 2.39. The van der Waals surface area contributed by atoms with Crippen LogP contribution in [0.3, 0.4) is 0 Å². The van der Waals surface area contributed by atoms with Crippen molar-refractivity contribution in [1.29, 1.82) is 0 Å². The van der Waals surface area contributed by atoms with Gasteiger partial charge in [0, 0.05) is 26.1 Å². The molecule has 2 heterocycles. The number of nitrogens with one attached hydrogen (secondary N) is 1. The zero-order chi connectivity index (χ0) is 29.2. The molecule has 1 saturated carbocycles. The van der Waals surface area contributed by atoms with Crippen molar-refractivity contribution in [2.24, 2.45) is 16.8 Å². The van der Waals surface area contributed by atoms with Gasteiger partial charge in [0.25, 0.3) is 0 Å². The molecule has 1 unspecified atom stereocenters. The van der Waals surface area contributed by atoms with Gasteiger partial charge in [0.1, 0.15) is 30.9 Å². The summed E-state index contributed by atoms with van der Waals surface area (Å²) in [5.41, 5.74) is 2.56. The maximum Gasteiger partial charge on any atom is 0.207 e. The lowest BCUT2D eigenvalue weighted by Gasteiger charge is -2.22. The summed E-state index contributed by atoms with van der Waals surface area (Å²) in [6.07, 6.45) is 15.1. The average molecular weight is 570 g/mol. The fourth-order valence-electron chi connectivity index (χ4n) is 6.07. The Morgan fingerprint density at radius 2 is 2.02 bits per heavy atom. The minimum Gasteiger partial charge on any atom is -0.504 e. The largest absolute Gasteiger partial charge is 0.504 e. The number of hydrogen-bond acceptors (Lipinski definition) is 7. The number of phenols is 1. The fourth-order valence-corrected chi connectivity index (χ4v) is 6.07. The standard InChI is InChI=1S/C33H48N2O6/c1-3-4-9-32-26(20-36)15-27(41-32)12-10-23-11-13-30(38)33(14-23)40-21-31(39)29-16-25(18-35-29)28(19-34-17-22(2)37)24-7-5-6-8-24/h11,13-16,18,22,24,28,31-32,34,36-37,39,41H,3-10,12,17,19-21H2,1-2H3/p+1/t22-,28+,31-,32?/m0/s1. The number of hydrogen-bond donors (Lipinski definition) is 5. The van der Waals surface area contributed by atoms with Gasteiger partial charge in [0.2, 0.25) is 5.70 Å². The molecule has 1 aromatic carbocycles. The molecule has 41 heavy (non-hydrogen) atoms. The number of aromatic hydroxyl groups is 1.